The summed E-state index contributed by atoms with van der Waals surface area (Å²) in [5.74, 6) is 1.34. The van der Waals surface area contributed by atoms with Crippen LogP contribution < -0.4 is 29.4 Å². The largest absolute Gasteiger partial charge is 0.493 e. The monoisotopic (exact) mass is 500 g/mol. The minimum Gasteiger partial charge on any atom is -0.493 e. The molecule has 0 bridgehead atoms. The Morgan fingerprint density at radius 1 is 0.838 bits per heavy atom. The molecule has 8 nitrogen and oxygen atoms in total. The van der Waals surface area contributed by atoms with Crippen molar-refractivity contribution >= 4 is 23.6 Å². The van der Waals surface area contributed by atoms with Crippen molar-refractivity contribution in [3.05, 3.63) is 96.1 Å². The van der Waals surface area contributed by atoms with Crippen LogP contribution in [0, 0.1) is 0 Å². The summed E-state index contributed by atoms with van der Waals surface area (Å²) in [6, 6.07) is 19.8. The molecule has 1 N–H and O–H groups in total. The predicted molar refractivity (Wildman–Crippen MR) is 141 cm³/mol. The summed E-state index contributed by atoms with van der Waals surface area (Å²) in [6.45, 7) is 4.31. The lowest BCUT2D eigenvalue weighted by Crippen LogP contribution is -2.35. The summed E-state index contributed by atoms with van der Waals surface area (Å²) in [5, 5.41) is 1.23. The molecule has 1 aliphatic rings. The van der Waals surface area contributed by atoms with Gasteiger partial charge in [-0.2, -0.15) is 0 Å². The second-order valence-corrected chi connectivity index (χ2v) is 8.06. The molecule has 1 fully saturated rings. The van der Waals surface area contributed by atoms with Gasteiger partial charge < -0.3 is 18.9 Å². The standard InChI is InChI=1S/C29H28N2O6/c1-4-8-20-11-13-24(26(18-20)34-2)36-15-16-37-25-14-12-21(19-27(25)35-3)17-23-28(32)30-31(29(23)33)22-9-6-5-7-10-22/h4-7,9-14,17-19H,1,8,15-16H2,2-3H3,(H,30,32)/b23-17+. The molecule has 8 heteroatoms. The number of ether oxygens (including phenoxy) is 4. The van der Waals surface area contributed by atoms with E-state index in [0.717, 1.165) is 12.0 Å². The van der Waals surface area contributed by atoms with Crippen LogP contribution in [0.5, 0.6) is 23.0 Å². The van der Waals surface area contributed by atoms with Gasteiger partial charge in [0, 0.05) is 0 Å². The molecule has 0 radical (unpaired) electrons. The molecule has 3 aromatic rings. The number of carbonyl (C=O) groups is 2. The number of hydrogen-bond acceptors (Lipinski definition) is 6. The second-order valence-electron chi connectivity index (χ2n) is 8.06. The third kappa shape index (κ3) is 5.92. The molecule has 0 unspecified atom stereocenters. The molecule has 37 heavy (non-hydrogen) atoms. The van der Waals surface area contributed by atoms with E-state index in [9.17, 15) is 9.59 Å². The molecule has 0 saturated carbocycles. The number of amides is 2. The van der Waals surface area contributed by atoms with Crippen LogP contribution in [0.1, 0.15) is 11.1 Å². The highest BCUT2D eigenvalue weighted by Gasteiger charge is 2.34. The number of benzene rings is 3. The number of methoxy groups -OCH3 is 2. The van der Waals surface area contributed by atoms with E-state index in [1.807, 2.05) is 30.3 Å². The lowest BCUT2D eigenvalue weighted by atomic mass is 10.1. The van der Waals surface area contributed by atoms with Gasteiger partial charge in [-0.3, -0.25) is 15.0 Å². The first-order chi connectivity index (χ1) is 18.0. The molecule has 3 aromatic carbocycles. The van der Waals surface area contributed by atoms with E-state index in [4.69, 9.17) is 18.9 Å². The molecule has 0 atom stereocenters. The van der Waals surface area contributed by atoms with Crippen LogP contribution >= 0.6 is 0 Å². The van der Waals surface area contributed by atoms with Gasteiger partial charge in [-0.25, -0.2) is 5.01 Å². The van der Waals surface area contributed by atoms with Crippen molar-refractivity contribution in [1.29, 1.82) is 0 Å². The number of hydrazine groups is 1. The number of nitrogens with zero attached hydrogens (tertiary/aromatic N) is 1. The van der Waals surface area contributed by atoms with E-state index in [2.05, 4.69) is 12.0 Å². The van der Waals surface area contributed by atoms with Gasteiger partial charge in [0.15, 0.2) is 23.0 Å². The zero-order valence-electron chi connectivity index (χ0n) is 20.7. The van der Waals surface area contributed by atoms with Crippen LogP contribution in [-0.4, -0.2) is 39.2 Å². The molecular formula is C29H28N2O6. The summed E-state index contributed by atoms with van der Waals surface area (Å²) in [5.41, 5.74) is 4.91. The lowest BCUT2D eigenvalue weighted by molar-refractivity contribution is -0.117. The first-order valence-corrected chi connectivity index (χ1v) is 11.7. The van der Waals surface area contributed by atoms with Gasteiger partial charge >= 0.3 is 0 Å². The third-order valence-electron chi connectivity index (χ3n) is 5.61. The van der Waals surface area contributed by atoms with Crippen LogP contribution in [0.2, 0.25) is 0 Å². The van der Waals surface area contributed by atoms with Crippen molar-refractivity contribution in [2.24, 2.45) is 0 Å². The Bertz CT molecular complexity index is 1320. The van der Waals surface area contributed by atoms with Crippen molar-refractivity contribution in [2.75, 3.05) is 32.4 Å². The van der Waals surface area contributed by atoms with Crippen LogP contribution in [0.15, 0.2) is 85.0 Å². The molecule has 0 aliphatic carbocycles. The van der Waals surface area contributed by atoms with Gasteiger partial charge in [0.25, 0.3) is 11.8 Å². The van der Waals surface area contributed by atoms with Gasteiger partial charge in [0.2, 0.25) is 0 Å². The molecule has 4 rings (SSSR count). The Kier molecular flexibility index (Phi) is 8.10. The van der Waals surface area contributed by atoms with Crippen molar-refractivity contribution in [1.82, 2.24) is 5.43 Å². The SMILES string of the molecule is C=CCc1ccc(OCCOc2ccc(/C=C3\C(=O)NN(c4ccccc4)C3=O)cc2OC)c(OC)c1. The highest BCUT2D eigenvalue weighted by molar-refractivity contribution is 6.31. The highest BCUT2D eigenvalue weighted by Crippen LogP contribution is 2.31. The summed E-state index contributed by atoms with van der Waals surface area (Å²) in [4.78, 5) is 25.3. The smallest absolute Gasteiger partial charge is 0.282 e. The molecule has 1 heterocycles. The lowest BCUT2D eigenvalue weighted by Gasteiger charge is -2.14. The van der Waals surface area contributed by atoms with Crippen molar-refractivity contribution in [2.45, 2.75) is 6.42 Å². The molecule has 1 saturated heterocycles. The fourth-order valence-corrected chi connectivity index (χ4v) is 3.80. The van der Waals surface area contributed by atoms with E-state index in [1.165, 1.54) is 18.2 Å². The summed E-state index contributed by atoms with van der Waals surface area (Å²) < 4.78 is 22.6. The van der Waals surface area contributed by atoms with Crippen LogP contribution in [0.25, 0.3) is 6.08 Å². The number of anilines is 1. The van der Waals surface area contributed by atoms with E-state index >= 15 is 0 Å². The van der Waals surface area contributed by atoms with Gasteiger partial charge in [-0.15, -0.1) is 6.58 Å². The van der Waals surface area contributed by atoms with Crippen LogP contribution in [-0.2, 0) is 16.0 Å². The summed E-state index contributed by atoms with van der Waals surface area (Å²) in [6.07, 6.45) is 4.10. The average molecular weight is 501 g/mol. The topological polar surface area (TPSA) is 86.3 Å². The Morgan fingerprint density at radius 2 is 1.49 bits per heavy atom. The maximum Gasteiger partial charge on any atom is 0.282 e. The number of rotatable bonds is 11. The van der Waals surface area contributed by atoms with E-state index in [0.29, 0.717) is 34.2 Å². The zero-order chi connectivity index (χ0) is 26.2. The molecule has 1 aliphatic heterocycles. The predicted octanol–water partition coefficient (Wildman–Crippen LogP) is 4.35. The molecule has 0 aromatic heterocycles. The van der Waals surface area contributed by atoms with E-state index in [-0.39, 0.29) is 18.8 Å². The number of carbonyl (C=O) groups excluding carboxylic acids is 2. The molecular weight excluding hydrogens is 472 g/mol. The quantitative estimate of drug-likeness (QED) is 0.182. The van der Waals surface area contributed by atoms with Gasteiger partial charge in [-0.05, 0) is 60.0 Å². The first kappa shape index (κ1) is 25.4. The van der Waals surface area contributed by atoms with Crippen LogP contribution in [0.4, 0.5) is 5.69 Å². The van der Waals surface area contributed by atoms with Gasteiger partial charge in [-0.1, -0.05) is 36.4 Å². The Morgan fingerprint density at radius 3 is 2.14 bits per heavy atom. The molecule has 0 spiro atoms. The zero-order valence-corrected chi connectivity index (χ0v) is 20.7. The summed E-state index contributed by atoms with van der Waals surface area (Å²) >= 11 is 0. The van der Waals surface area contributed by atoms with Gasteiger partial charge in [0.1, 0.15) is 18.8 Å². The fourth-order valence-electron chi connectivity index (χ4n) is 3.80. The number of para-hydroxylation sites is 1. The van der Waals surface area contributed by atoms with Crippen LogP contribution in [0.3, 0.4) is 0 Å². The first-order valence-electron chi connectivity index (χ1n) is 11.7. The number of nitrogens with one attached hydrogen (secondary N) is 1. The molecule has 190 valence electrons. The van der Waals surface area contributed by atoms with Crippen molar-refractivity contribution in [3.63, 3.8) is 0 Å². The molecule has 2 amide bonds. The minimum absolute atomic E-state index is 0.0287. The maximum absolute atomic E-state index is 12.8. The maximum atomic E-state index is 12.8. The second kappa shape index (κ2) is 11.8. The van der Waals surface area contributed by atoms with Crippen molar-refractivity contribution in [3.8, 4) is 23.0 Å². The minimum atomic E-state index is -0.474. The van der Waals surface area contributed by atoms with Gasteiger partial charge in [0.05, 0.1) is 19.9 Å². The Balaban J connectivity index is 1.40. The van der Waals surface area contributed by atoms with Crippen molar-refractivity contribution < 1.29 is 28.5 Å². The normalized spacial score (nSPS) is 13.9. The van der Waals surface area contributed by atoms with E-state index in [1.54, 1.807) is 49.6 Å². The van der Waals surface area contributed by atoms with E-state index < -0.39 is 11.8 Å². The average Bonchev–Trinajstić information content (AvgIpc) is 3.21. The summed E-state index contributed by atoms with van der Waals surface area (Å²) in [7, 11) is 3.12. The highest BCUT2D eigenvalue weighted by atomic mass is 16.5. The fraction of sp³-hybridized carbons (Fsp3) is 0.172. The third-order valence-corrected chi connectivity index (χ3v) is 5.61. The Hall–Kier alpha value is -4.72. The number of hydrogen-bond donors (Lipinski definition) is 1. The number of allylic oxidation sites excluding steroid dienone is 1. The Labute approximate surface area is 215 Å².